The Kier molecular flexibility index (Phi) is 5.27. The summed E-state index contributed by atoms with van der Waals surface area (Å²) >= 11 is 5.81. The van der Waals surface area contributed by atoms with Crippen LogP contribution in [-0.2, 0) is 14.9 Å². The fraction of sp³-hybridized carbons (Fsp3) is 0.450. The average molecular weight is 388 g/mol. The molecule has 1 atom stereocenters. The van der Waals surface area contributed by atoms with Gasteiger partial charge in [-0.3, -0.25) is 4.79 Å². The summed E-state index contributed by atoms with van der Waals surface area (Å²) in [6.45, 7) is 2.42. The van der Waals surface area contributed by atoms with E-state index >= 15 is 0 Å². The smallest absolute Gasteiger partial charge is 0.316 e. The first kappa shape index (κ1) is 18.2. The molecule has 0 saturated carbocycles. The third-order valence-electron chi connectivity index (χ3n) is 5.38. The van der Waals surface area contributed by atoms with Gasteiger partial charge < -0.3 is 14.4 Å². The lowest BCUT2D eigenvalue weighted by Gasteiger charge is -2.39. The van der Waals surface area contributed by atoms with Crippen LogP contribution in [0.15, 0.2) is 42.7 Å². The summed E-state index contributed by atoms with van der Waals surface area (Å²) in [5.74, 6) is 0.167. The van der Waals surface area contributed by atoms with E-state index in [1.54, 1.807) is 0 Å². The highest BCUT2D eigenvalue weighted by molar-refractivity contribution is 6.30. The number of rotatable bonds is 4. The Hall–Kier alpha value is -2.18. The van der Waals surface area contributed by atoms with Gasteiger partial charge in [0.25, 0.3) is 0 Å². The second-order valence-electron chi connectivity index (χ2n) is 7.02. The SMILES string of the molecule is O=C(N1CC[C@H](Oc2ncc(Cl)cn2)C1)C1(c2ccccc2)CCOCC1. The van der Waals surface area contributed by atoms with Crippen LogP contribution in [0.5, 0.6) is 6.01 Å². The summed E-state index contributed by atoms with van der Waals surface area (Å²) in [5.41, 5.74) is 0.564. The zero-order valence-corrected chi connectivity index (χ0v) is 15.8. The summed E-state index contributed by atoms with van der Waals surface area (Å²) in [7, 11) is 0. The molecule has 0 unspecified atom stereocenters. The predicted molar refractivity (Wildman–Crippen MR) is 101 cm³/mol. The van der Waals surface area contributed by atoms with E-state index in [1.165, 1.54) is 12.4 Å². The van der Waals surface area contributed by atoms with E-state index in [2.05, 4.69) is 22.1 Å². The zero-order valence-electron chi connectivity index (χ0n) is 15.0. The minimum absolute atomic E-state index is 0.109. The van der Waals surface area contributed by atoms with Crippen molar-refractivity contribution in [1.82, 2.24) is 14.9 Å². The highest BCUT2D eigenvalue weighted by Gasteiger charge is 2.45. The van der Waals surface area contributed by atoms with Gasteiger partial charge in [0.15, 0.2) is 0 Å². The summed E-state index contributed by atoms with van der Waals surface area (Å²) in [5, 5.41) is 0.467. The number of hydrogen-bond acceptors (Lipinski definition) is 5. The van der Waals surface area contributed by atoms with Gasteiger partial charge in [0.1, 0.15) is 6.10 Å². The van der Waals surface area contributed by atoms with Crippen molar-refractivity contribution in [2.75, 3.05) is 26.3 Å². The molecule has 2 aliphatic heterocycles. The largest absolute Gasteiger partial charge is 0.458 e. The fourth-order valence-corrected chi connectivity index (χ4v) is 4.02. The monoisotopic (exact) mass is 387 g/mol. The van der Waals surface area contributed by atoms with E-state index in [4.69, 9.17) is 21.1 Å². The topological polar surface area (TPSA) is 64.6 Å². The third kappa shape index (κ3) is 3.77. The van der Waals surface area contributed by atoms with Gasteiger partial charge in [-0.25, -0.2) is 9.97 Å². The number of ether oxygens (including phenoxy) is 2. The molecule has 6 nitrogen and oxygen atoms in total. The van der Waals surface area contributed by atoms with Gasteiger partial charge in [-0.05, 0) is 18.4 Å². The first-order chi connectivity index (χ1) is 13.2. The van der Waals surface area contributed by atoms with Crippen LogP contribution in [0.4, 0.5) is 0 Å². The molecule has 1 amide bonds. The van der Waals surface area contributed by atoms with Crippen molar-refractivity contribution in [2.24, 2.45) is 0 Å². The molecule has 1 aromatic heterocycles. The van der Waals surface area contributed by atoms with E-state index < -0.39 is 5.41 Å². The third-order valence-corrected chi connectivity index (χ3v) is 5.58. The van der Waals surface area contributed by atoms with E-state index in [-0.39, 0.29) is 12.0 Å². The van der Waals surface area contributed by atoms with E-state index in [9.17, 15) is 4.79 Å². The van der Waals surface area contributed by atoms with Gasteiger partial charge in [-0.2, -0.15) is 0 Å². The maximum Gasteiger partial charge on any atom is 0.316 e. The molecule has 142 valence electrons. The lowest BCUT2D eigenvalue weighted by Crippen LogP contribution is -2.49. The van der Waals surface area contributed by atoms with E-state index in [0.717, 1.165) is 12.0 Å². The van der Waals surface area contributed by atoms with Gasteiger partial charge in [-0.15, -0.1) is 0 Å². The quantitative estimate of drug-likeness (QED) is 0.807. The Morgan fingerprint density at radius 2 is 1.89 bits per heavy atom. The average Bonchev–Trinajstić information content (AvgIpc) is 3.19. The number of nitrogens with zero attached hydrogens (tertiary/aromatic N) is 3. The molecule has 2 aromatic rings. The van der Waals surface area contributed by atoms with Crippen molar-refractivity contribution in [3.63, 3.8) is 0 Å². The number of benzene rings is 1. The lowest BCUT2D eigenvalue weighted by molar-refractivity contribution is -0.140. The number of hydrogen-bond donors (Lipinski definition) is 0. The van der Waals surface area contributed by atoms with Crippen LogP contribution in [0, 0.1) is 0 Å². The van der Waals surface area contributed by atoms with Crippen molar-refractivity contribution < 1.29 is 14.3 Å². The first-order valence-electron chi connectivity index (χ1n) is 9.24. The molecule has 0 spiro atoms. The Balaban J connectivity index is 1.48. The van der Waals surface area contributed by atoms with Crippen LogP contribution in [0.1, 0.15) is 24.8 Å². The molecule has 1 aromatic carbocycles. The van der Waals surface area contributed by atoms with Crippen molar-refractivity contribution in [1.29, 1.82) is 0 Å². The predicted octanol–water partition coefficient (Wildman–Crippen LogP) is 2.86. The molecule has 7 heteroatoms. The molecular formula is C20H22ClN3O3. The van der Waals surface area contributed by atoms with E-state index in [1.807, 2.05) is 23.1 Å². The molecule has 0 radical (unpaired) electrons. The van der Waals surface area contributed by atoms with Gasteiger partial charge >= 0.3 is 6.01 Å². The Labute approximate surface area is 163 Å². The summed E-state index contributed by atoms with van der Waals surface area (Å²) in [4.78, 5) is 23.6. The second-order valence-corrected chi connectivity index (χ2v) is 7.46. The van der Waals surface area contributed by atoms with Crippen molar-refractivity contribution in [2.45, 2.75) is 30.8 Å². The van der Waals surface area contributed by atoms with Crippen LogP contribution >= 0.6 is 11.6 Å². The highest BCUT2D eigenvalue weighted by Crippen LogP contribution is 2.37. The molecule has 0 bridgehead atoms. The maximum absolute atomic E-state index is 13.5. The van der Waals surface area contributed by atoms with Crippen molar-refractivity contribution >= 4 is 17.5 Å². The van der Waals surface area contributed by atoms with Gasteiger partial charge in [0.2, 0.25) is 5.91 Å². The Bertz CT molecular complexity index is 779. The number of carbonyl (C=O) groups excluding carboxylic acids is 1. The van der Waals surface area contributed by atoms with Crippen LogP contribution in [0.2, 0.25) is 5.02 Å². The van der Waals surface area contributed by atoms with Crippen LogP contribution < -0.4 is 4.74 Å². The van der Waals surface area contributed by atoms with Crippen molar-refractivity contribution in [3.8, 4) is 6.01 Å². The van der Waals surface area contributed by atoms with Gasteiger partial charge in [-0.1, -0.05) is 41.9 Å². The number of carbonyl (C=O) groups is 1. The lowest BCUT2D eigenvalue weighted by atomic mass is 9.73. The first-order valence-corrected chi connectivity index (χ1v) is 9.62. The number of halogens is 1. The molecular weight excluding hydrogens is 366 g/mol. The van der Waals surface area contributed by atoms with Crippen LogP contribution in [0.3, 0.4) is 0 Å². The summed E-state index contributed by atoms with van der Waals surface area (Å²) in [6, 6.07) is 10.4. The molecule has 0 aliphatic carbocycles. The Morgan fingerprint density at radius 3 is 2.59 bits per heavy atom. The molecule has 0 N–H and O–H groups in total. The molecule has 3 heterocycles. The van der Waals surface area contributed by atoms with Crippen molar-refractivity contribution in [3.05, 3.63) is 53.3 Å². The maximum atomic E-state index is 13.5. The van der Waals surface area contributed by atoms with Gasteiger partial charge in [0, 0.05) is 26.2 Å². The normalized spacial score (nSPS) is 21.8. The highest BCUT2D eigenvalue weighted by atomic mass is 35.5. The number of amides is 1. The standard InChI is InChI=1S/C20H22ClN3O3/c21-16-12-22-19(23-13-16)27-17-6-9-24(14-17)18(25)20(7-10-26-11-8-20)15-4-2-1-3-5-15/h1-5,12-13,17H,6-11,14H2/t17-/m0/s1. The fourth-order valence-electron chi connectivity index (χ4n) is 3.92. The van der Waals surface area contributed by atoms with E-state index in [0.29, 0.717) is 50.2 Å². The second kappa shape index (κ2) is 7.82. The van der Waals surface area contributed by atoms with Gasteiger partial charge in [0.05, 0.1) is 29.4 Å². The zero-order chi connectivity index (χ0) is 18.7. The minimum Gasteiger partial charge on any atom is -0.458 e. The minimum atomic E-state index is -0.509. The number of likely N-dealkylation sites (tertiary alicyclic amines) is 1. The molecule has 27 heavy (non-hydrogen) atoms. The molecule has 2 aliphatic rings. The summed E-state index contributed by atoms with van der Waals surface area (Å²) in [6.07, 6.45) is 5.08. The Morgan fingerprint density at radius 1 is 1.19 bits per heavy atom. The molecule has 2 saturated heterocycles. The number of aromatic nitrogens is 2. The summed E-state index contributed by atoms with van der Waals surface area (Å²) < 4.78 is 11.4. The molecule has 4 rings (SSSR count). The molecule has 2 fully saturated rings. The van der Waals surface area contributed by atoms with Crippen LogP contribution in [0.25, 0.3) is 0 Å². The van der Waals surface area contributed by atoms with Crippen LogP contribution in [-0.4, -0.2) is 53.2 Å².